The molecule has 0 amide bonds. The number of benzene rings is 1. The van der Waals surface area contributed by atoms with Gasteiger partial charge in [0.1, 0.15) is 0 Å². The van der Waals surface area contributed by atoms with E-state index in [0.717, 1.165) is 11.8 Å². The van der Waals surface area contributed by atoms with Crippen LogP contribution < -0.4 is 0 Å². The minimum Gasteiger partial charge on any atom is -0.258 e. The van der Waals surface area contributed by atoms with E-state index in [9.17, 15) is 10.1 Å². The van der Waals surface area contributed by atoms with Crippen LogP contribution in [0.2, 0.25) is 0 Å². The Morgan fingerprint density at radius 1 is 1.37 bits per heavy atom. The lowest BCUT2D eigenvalue weighted by atomic mass is 10.3. The Morgan fingerprint density at radius 3 is 2.95 bits per heavy atom. The molecule has 0 radical (unpaired) electrons. The van der Waals surface area contributed by atoms with Crippen LogP contribution in [0.3, 0.4) is 0 Å². The summed E-state index contributed by atoms with van der Waals surface area (Å²) in [5.41, 5.74) is 8.76. The number of rotatable bonds is 4. The predicted molar refractivity (Wildman–Crippen MR) is 70.3 cm³/mol. The van der Waals surface area contributed by atoms with Crippen molar-refractivity contribution in [2.75, 3.05) is 0 Å². The van der Waals surface area contributed by atoms with Gasteiger partial charge in [-0.1, -0.05) is 29.0 Å². The van der Waals surface area contributed by atoms with E-state index in [0.29, 0.717) is 15.6 Å². The molecular formula is C11H7N5O2S. The molecule has 0 aliphatic rings. The van der Waals surface area contributed by atoms with Gasteiger partial charge in [0.2, 0.25) is 0 Å². The fraction of sp³-hybridized carbons (Fsp3) is 0. The van der Waals surface area contributed by atoms with Gasteiger partial charge in [0, 0.05) is 27.8 Å². The summed E-state index contributed by atoms with van der Waals surface area (Å²) in [5.74, 6) is 0. The van der Waals surface area contributed by atoms with Crippen molar-refractivity contribution in [3.63, 3.8) is 0 Å². The predicted octanol–water partition coefficient (Wildman–Crippen LogP) is 4.08. The molecule has 0 saturated carbocycles. The zero-order valence-corrected chi connectivity index (χ0v) is 10.3. The van der Waals surface area contributed by atoms with Crippen LogP contribution in [-0.4, -0.2) is 9.91 Å². The largest absolute Gasteiger partial charge is 0.301 e. The Hall–Kier alpha value is -2.57. The van der Waals surface area contributed by atoms with Gasteiger partial charge in [-0.3, -0.25) is 10.1 Å². The molecule has 7 nitrogen and oxygen atoms in total. The summed E-state index contributed by atoms with van der Waals surface area (Å²) in [6, 6.07) is 9.67. The van der Waals surface area contributed by atoms with Gasteiger partial charge in [0.15, 0.2) is 5.03 Å². The second-order valence-corrected chi connectivity index (χ2v) is 4.44. The molecule has 0 atom stereocenters. The summed E-state index contributed by atoms with van der Waals surface area (Å²) in [5, 5.41) is 14.6. The van der Waals surface area contributed by atoms with Crippen molar-refractivity contribution in [2.45, 2.75) is 9.92 Å². The average molecular weight is 273 g/mol. The Morgan fingerprint density at radius 2 is 2.21 bits per heavy atom. The van der Waals surface area contributed by atoms with Crippen molar-refractivity contribution in [3.05, 3.63) is 63.2 Å². The van der Waals surface area contributed by atoms with E-state index in [1.807, 2.05) is 0 Å². The van der Waals surface area contributed by atoms with Gasteiger partial charge in [-0.05, 0) is 23.7 Å². The Labute approximate surface area is 112 Å². The first-order valence-electron chi connectivity index (χ1n) is 5.13. The minimum atomic E-state index is -0.480. The monoisotopic (exact) mass is 273 g/mol. The van der Waals surface area contributed by atoms with Gasteiger partial charge in [0.25, 0.3) is 0 Å². The Bertz CT molecular complexity index is 670. The molecule has 19 heavy (non-hydrogen) atoms. The van der Waals surface area contributed by atoms with Crippen molar-refractivity contribution < 1.29 is 4.92 Å². The first-order chi connectivity index (χ1) is 9.20. The summed E-state index contributed by atoms with van der Waals surface area (Å²) in [6.45, 7) is 0. The molecule has 0 fully saturated rings. The van der Waals surface area contributed by atoms with Crippen LogP contribution in [0.4, 0.5) is 11.4 Å². The first-order valence-corrected chi connectivity index (χ1v) is 5.95. The molecule has 0 aliphatic heterocycles. The van der Waals surface area contributed by atoms with Crippen molar-refractivity contribution >= 4 is 23.1 Å². The maximum atomic E-state index is 10.9. The highest BCUT2D eigenvalue weighted by Crippen LogP contribution is 2.34. The van der Waals surface area contributed by atoms with E-state index in [1.165, 1.54) is 18.3 Å². The molecule has 0 saturated heterocycles. The molecule has 0 unspecified atom stereocenters. The first kappa shape index (κ1) is 12.9. The minimum absolute atomic E-state index is 0.0540. The summed E-state index contributed by atoms with van der Waals surface area (Å²) >= 11 is 1.15. The van der Waals surface area contributed by atoms with Crippen molar-refractivity contribution in [3.8, 4) is 0 Å². The number of aromatic nitrogens is 1. The second-order valence-electron chi connectivity index (χ2n) is 3.37. The zero-order chi connectivity index (χ0) is 13.7. The summed E-state index contributed by atoms with van der Waals surface area (Å²) in [6.07, 6.45) is 1.49. The molecule has 0 bridgehead atoms. The lowest BCUT2D eigenvalue weighted by molar-refractivity contribution is -0.388. The number of azide groups is 1. The highest BCUT2D eigenvalue weighted by Gasteiger charge is 2.15. The number of nitro groups is 1. The summed E-state index contributed by atoms with van der Waals surface area (Å²) < 4.78 is 0. The molecular weight excluding hydrogens is 266 g/mol. The van der Waals surface area contributed by atoms with Gasteiger partial charge < -0.3 is 0 Å². The number of hydrogen-bond donors (Lipinski definition) is 0. The molecule has 2 rings (SSSR count). The maximum Gasteiger partial charge on any atom is 0.301 e. The van der Waals surface area contributed by atoms with Crippen LogP contribution in [-0.2, 0) is 0 Å². The van der Waals surface area contributed by atoms with Gasteiger partial charge >= 0.3 is 5.69 Å². The van der Waals surface area contributed by atoms with Crippen LogP contribution in [0.5, 0.6) is 0 Å². The maximum absolute atomic E-state index is 10.9. The van der Waals surface area contributed by atoms with E-state index in [4.69, 9.17) is 5.53 Å². The van der Waals surface area contributed by atoms with E-state index >= 15 is 0 Å². The molecule has 8 heteroatoms. The summed E-state index contributed by atoms with van der Waals surface area (Å²) in [7, 11) is 0. The highest BCUT2D eigenvalue weighted by atomic mass is 32.2. The van der Waals surface area contributed by atoms with Crippen LogP contribution in [0.1, 0.15) is 0 Å². The fourth-order valence-corrected chi connectivity index (χ4v) is 2.28. The fourth-order valence-electron chi connectivity index (χ4n) is 1.37. The van der Waals surface area contributed by atoms with Crippen molar-refractivity contribution in [1.82, 2.24) is 4.98 Å². The van der Waals surface area contributed by atoms with Crippen LogP contribution >= 0.6 is 11.8 Å². The Kier molecular flexibility index (Phi) is 3.97. The summed E-state index contributed by atoms with van der Waals surface area (Å²) in [4.78, 5) is 17.8. The van der Waals surface area contributed by atoms with E-state index in [-0.39, 0.29) is 5.69 Å². The average Bonchev–Trinajstić information content (AvgIpc) is 2.40. The van der Waals surface area contributed by atoms with Crippen LogP contribution in [0.15, 0.2) is 57.6 Å². The number of hydrogen-bond acceptors (Lipinski definition) is 5. The third-order valence-electron chi connectivity index (χ3n) is 2.14. The van der Waals surface area contributed by atoms with Gasteiger partial charge in [0.05, 0.1) is 4.92 Å². The van der Waals surface area contributed by atoms with Gasteiger partial charge in [-0.15, -0.1) is 0 Å². The quantitative estimate of drug-likeness (QED) is 0.275. The molecule has 0 aliphatic carbocycles. The topological polar surface area (TPSA) is 105 Å². The molecule has 0 spiro atoms. The third-order valence-corrected chi connectivity index (χ3v) is 3.14. The molecule has 94 valence electrons. The van der Waals surface area contributed by atoms with E-state index < -0.39 is 4.92 Å². The van der Waals surface area contributed by atoms with E-state index in [1.54, 1.807) is 24.3 Å². The van der Waals surface area contributed by atoms with Crippen LogP contribution in [0, 0.1) is 10.1 Å². The molecule has 1 heterocycles. The molecule has 2 aromatic rings. The number of nitrogens with zero attached hydrogens (tertiary/aromatic N) is 5. The third kappa shape index (κ3) is 3.21. The standard InChI is InChI=1S/C11H7N5O2S/c12-15-14-8-3-1-4-9(7-8)19-11-10(16(17)18)5-2-6-13-11/h1-7H. The van der Waals surface area contributed by atoms with Gasteiger partial charge in [-0.25, -0.2) is 4.98 Å². The zero-order valence-electron chi connectivity index (χ0n) is 9.50. The Balaban J connectivity index is 2.33. The number of pyridine rings is 1. The van der Waals surface area contributed by atoms with Crippen molar-refractivity contribution in [2.24, 2.45) is 5.11 Å². The van der Waals surface area contributed by atoms with Gasteiger partial charge in [-0.2, -0.15) is 0 Å². The van der Waals surface area contributed by atoms with Crippen LogP contribution in [0.25, 0.3) is 10.4 Å². The highest BCUT2D eigenvalue weighted by molar-refractivity contribution is 7.99. The molecule has 0 N–H and O–H groups in total. The normalized spacial score (nSPS) is 9.68. The lowest BCUT2D eigenvalue weighted by Crippen LogP contribution is -1.92. The van der Waals surface area contributed by atoms with E-state index in [2.05, 4.69) is 15.0 Å². The lowest BCUT2D eigenvalue weighted by Gasteiger charge is -2.02. The van der Waals surface area contributed by atoms with Crippen molar-refractivity contribution in [1.29, 1.82) is 0 Å². The SMILES string of the molecule is [N-]=[N+]=Nc1cccc(Sc2ncccc2[N+](=O)[O-])c1. The second kappa shape index (κ2) is 5.85. The smallest absolute Gasteiger partial charge is 0.258 e. The molecule has 1 aromatic carbocycles. The molecule has 1 aromatic heterocycles.